The maximum absolute atomic E-state index is 13.0. The molecule has 1 amide bonds. The molecule has 2 aliphatic rings. The number of halogens is 1. The molecule has 1 N–H and O–H groups in total. The second-order valence-corrected chi connectivity index (χ2v) is 9.35. The minimum Gasteiger partial charge on any atom is -0.492 e. The lowest BCUT2D eigenvalue weighted by atomic mass is 10.1. The number of imidazole rings is 1. The standard InChI is InChI=1S/C27H25ClN4O2/c28-21-7-12-24-30-25(18-5-6-18)26(32(24)17-21)27(33)29-13-14-34-23-10-8-22(9-11-23)31-15-19-3-1-2-4-20(19)16-31/h1-4,7-12,17-18H,5-6,13-16H2,(H,29,33). The van der Waals surface area contributed by atoms with Crippen LogP contribution in [0.15, 0.2) is 66.9 Å². The van der Waals surface area contributed by atoms with Crippen molar-refractivity contribution in [3.63, 3.8) is 0 Å². The molecule has 1 saturated carbocycles. The lowest BCUT2D eigenvalue weighted by molar-refractivity contribution is 0.0940. The molecule has 0 bridgehead atoms. The Bertz CT molecular complexity index is 1340. The van der Waals surface area contributed by atoms with Gasteiger partial charge >= 0.3 is 0 Å². The van der Waals surface area contributed by atoms with Crippen LogP contribution in [0.3, 0.4) is 0 Å². The van der Waals surface area contributed by atoms with Gasteiger partial charge in [-0.2, -0.15) is 0 Å². The Morgan fingerprint density at radius 1 is 1.03 bits per heavy atom. The first-order valence-corrected chi connectivity index (χ1v) is 12.0. The lowest BCUT2D eigenvalue weighted by Crippen LogP contribution is -2.29. The minimum absolute atomic E-state index is 0.149. The summed E-state index contributed by atoms with van der Waals surface area (Å²) in [6, 6.07) is 20.4. The number of ether oxygens (including phenoxy) is 1. The molecule has 0 radical (unpaired) electrons. The number of benzene rings is 2. The van der Waals surface area contributed by atoms with Gasteiger partial charge in [0, 0.05) is 30.9 Å². The normalized spacial score (nSPS) is 14.9. The molecule has 0 spiro atoms. The number of aromatic nitrogens is 2. The fourth-order valence-electron chi connectivity index (χ4n) is 4.59. The average Bonchev–Trinajstić information content (AvgIpc) is 3.49. The lowest BCUT2D eigenvalue weighted by Gasteiger charge is -2.18. The summed E-state index contributed by atoms with van der Waals surface area (Å²) in [6.45, 7) is 2.65. The van der Waals surface area contributed by atoms with Crippen molar-refractivity contribution in [2.75, 3.05) is 18.1 Å². The van der Waals surface area contributed by atoms with Gasteiger partial charge in [0.2, 0.25) is 0 Å². The Morgan fingerprint density at radius 3 is 2.47 bits per heavy atom. The molecule has 6 rings (SSSR count). The van der Waals surface area contributed by atoms with Gasteiger partial charge in [0.15, 0.2) is 0 Å². The smallest absolute Gasteiger partial charge is 0.270 e. The summed E-state index contributed by atoms with van der Waals surface area (Å²) in [5.41, 5.74) is 6.13. The highest BCUT2D eigenvalue weighted by Crippen LogP contribution is 2.41. The summed E-state index contributed by atoms with van der Waals surface area (Å²) in [6.07, 6.45) is 3.89. The van der Waals surface area contributed by atoms with Crippen LogP contribution in [0, 0.1) is 0 Å². The zero-order valence-corrected chi connectivity index (χ0v) is 19.5. The number of nitrogens with one attached hydrogen (secondary N) is 1. The van der Waals surface area contributed by atoms with Crippen LogP contribution in [0.5, 0.6) is 5.75 Å². The molecule has 7 heteroatoms. The average molecular weight is 473 g/mol. The third-order valence-corrected chi connectivity index (χ3v) is 6.71. The summed E-state index contributed by atoms with van der Waals surface area (Å²) in [7, 11) is 0. The van der Waals surface area contributed by atoms with Gasteiger partial charge in [0.05, 0.1) is 17.3 Å². The number of fused-ring (bicyclic) bond motifs is 2. The van der Waals surface area contributed by atoms with Crippen LogP contribution in [0.25, 0.3) is 5.65 Å². The Balaban J connectivity index is 1.05. The molecule has 34 heavy (non-hydrogen) atoms. The van der Waals surface area contributed by atoms with Gasteiger partial charge in [-0.25, -0.2) is 4.98 Å². The third-order valence-electron chi connectivity index (χ3n) is 6.49. The van der Waals surface area contributed by atoms with Gasteiger partial charge in [0.1, 0.15) is 23.7 Å². The van der Waals surface area contributed by atoms with Gasteiger partial charge in [-0.3, -0.25) is 9.20 Å². The van der Waals surface area contributed by atoms with Crippen molar-refractivity contribution in [2.45, 2.75) is 31.8 Å². The fourth-order valence-corrected chi connectivity index (χ4v) is 4.75. The summed E-state index contributed by atoms with van der Waals surface area (Å²) in [5.74, 6) is 0.997. The first-order valence-electron chi connectivity index (χ1n) is 11.7. The van der Waals surface area contributed by atoms with Gasteiger partial charge in [-0.05, 0) is 60.4 Å². The number of carbonyl (C=O) groups is 1. The van der Waals surface area contributed by atoms with Gasteiger partial charge in [-0.1, -0.05) is 35.9 Å². The number of nitrogens with zero attached hydrogens (tertiary/aromatic N) is 3. The molecule has 3 heterocycles. The minimum atomic E-state index is -0.149. The number of anilines is 1. The molecular formula is C27H25ClN4O2. The van der Waals surface area contributed by atoms with Crippen molar-refractivity contribution < 1.29 is 9.53 Å². The predicted octanol–water partition coefficient (Wildman–Crippen LogP) is 5.19. The van der Waals surface area contributed by atoms with Crippen LogP contribution >= 0.6 is 11.6 Å². The number of rotatable bonds is 7. The predicted molar refractivity (Wildman–Crippen MR) is 133 cm³/mol. The maximum Gasteiger partial charge on any atom is 0.270 e. The van der Waals surface area contributed by atoms with Crippen LogP contribution in [0.4, 0.5) is 5.69 Å². The van der Waals surface area contributed by atoms with Gasteiger partial charge in [0.25, 0.3) is 5.91 Å². The van der Waals surface area contributed by atoms with Crippen molar-refractivity contribution in [1.82, 2.24) is 14.7 Å². The van der Waals surface area contributed by atoms with Crippen molar-refractivity contribution in [3.05, 3.63) is 94.4 Å². The van der Waals surface area contributed by atoms with E-state index in [1.807, 2.05) is 18.2 Å². The summed E-state index contributed by atoms with van der Waals surface area (Å²) in [5, 5.41) is 3.56. The van der Waals surface area contributed by atoms with E-state index in [4.69, 9.17) is 16.3 Å². The molecule has 1 aliphatic carbocycles. The molecule has 6 nitrogen and oxygen atoms in total. The van der Waals surface area contributed by atoms with E-state index >= 15 is 0 Å². The van der Waals surface area contributed by atoms with E-state index in [0.717, 1.165) is 43.0 Å². The fraction of sp³-hybridized carbons (Fsp3) is 0.259. The number of hydrogen-bond acceptors (Lipinski definition) is 4. The second-order valence-electron chi connectivity index (χ2n) is 8.92. The van der Waals surface area contributed by atoms with Gasteiger partial charge < -0.3 is 15.0 Å². The molecule has 0 saturated heterocycles. The largest absolute Gasteiger partial charge is 0.492 e. The number of hydrogen-bond donors (Lipinski definition) is 1. The maximum atomic E-state index is 13.0. The molecule has 0 atom stereocenters. The molecule has 2 aromatic heterocycles. The number of carbonyl (C=O) groups excluding carboxylic acids is 1. The molecule has 1 aliphatic heterocycles. The summed E-state index contributed by atoms with van der Waals surface area (Å²) >= 11 is 6.17. The van der Waals surface area contributed by atoms with E-state index in [1.54, 1.807) is 16.7 Å². The topological polar surface area (TPSA) is 58.9 Å². The van der Waals surface area contributed by atoms with Crippen molar-refractivity contribution in [2.24, 2.45) is 0 Å². The van der Waals surface area contributed by atoms with E-state index in [2.05, 4.69) is 51.6 Å². The molecule has 172 valence electrons. The number of amides is 1. The highest BCUT2D eigenvalue weighted by Gasteiger charge is 2.32. The monoisotopic (exact) mass is 472 g/mol. The van der Waals surface area contributed by atoms with E-state index in [9.17, 15) is 4.79 Å². The zero-order valence-electron chi connectivity index (χ0n) is 18.7. The zero-order chi connectivity index (χ0) is 23.1. The van der Waals surface area contributed by atoms with Crippen molar-refractivity contribution >= 4 is 28.8 Å². The SMILES string of the molecule is O=C(NCCOc1ccc(N2Cc3ccccc3C2)cc1)c1c(C2CC2)nc2ccc(Cl)cn12. The van der Waals surface area contributed by atoms with Crippen LogP contribution in [-0.2, 0) is 13.1 Å². The first-order chi connectivity index (χ1) is 16.7. The first kappa shape index (κ1) is 21.1. The summed E-state index contributed by atoms with van der Waals surface area (Å²) < 4.78 is 7.67. The quantitative estimate of drug-likeness (QED) is 0.376. The van der Waals surface area contributed by atoms with Gasteiger partial charge in [-0.15, -0.1) is 0 Å². The van der Waals surface area contributed by atoms with Crippen LogP contribution < -0.4 is 15.0 Å². The van der Waals surface area contributed by atoms with E-state index in [-0.39, 0.29) is 5.91 Å². The Hall–Kier alpha value is -3.51. The molecular weight excluding hydrogens is 448 g/mol. The Labute approximate surface area is 203 Å². The second kappa shape index (κ2) is 8.69. The number of pyridine rings is 1. The van der Waals surface area contributed by atoms with Crippen LogP contribution in [0.1, 0.15) is 46.1 Å². The van der Waals surface area contributed by atoms with Crippen molar-refractivity contribution in [3.8, 4) is 5.75 Å². The summed E-state index contributed by atoms with van der Waals surface area (Å²) in [4.78, 5) is 20.0. The van der Waals surface area contributed by atoms with E-state index in [1.165, 1.54) is 16.8 Å². The molecule has 0 unspecified atom stereocenters. The van der Waals surface area contributed by atoms with Crippen LogP contribution in [-0.4, -0.2) is 28.4 Å². The Morgan fingerprint density at radius 2 is 1.76 bits per heavy atom. The third kappa shape index (κ3) is 4.10. The highest BCUT2D eigenvalue weighted by atomic mass is 35.5. The van der Waals surface area contributed by atoms with E-state index < -0.39 is 0 Å². The molecule has 1 fully saturated rings. The molecule has 4 aromatic rings. The van der Waals surface area contributed by atoms with Crippen molar-refractivity contribution in [1.29, 1.82) is 0 Å². The Kier molecular flexibility index (Phi) is 5.38. The highest BCUT2D eigenvalue weighted by molar-refractivity contribution is 6.30. The molecule has 2 aromatic carbocycles. The van der Waals surface area contributed by atoms with E-state index in [0.29, 0.717) is 29.8 Å². The van der Waals surface area contributed by atoms with Crippen LogP contribution in [0.2, 0.25) is 5.02 Å².